The van der Waals surface area contributed by atoms with Crippen molar-refractivity contribution < 1.29 is 33.3 Å². The summed E-state index contributed by atoms with van der Waals surface area (Å²) in [4.78, 5) is 37.4. The largest absolute Gasteiger partial charge is 0.497 e. The summed E-state index contributed by atoms with van der Waals surface area (Å²) in [5, 5.41) is 2.44. The van der Waals surface area contributed by atoms with E-state index in [9.17, 15) is 14.4 Å². The first-order valence-corrected chi connectivity index (χ1v) is 11.0. The fourth-order valence-electron chi connectivity index (χ4n) is 3.48. The van der Waals surface area contributed by atoms with Crippen molar-refractivity contribution >= 4 is 18.0 Å². The fourth-order valence-corrected chi connectivity index (χ4v) is 3.48. The van der Waals surface area contributed by atoms with Crippen LogP contribution in [0.4, 0.5) is 4.79 Å². The van der Waals surface area contributed by atoms with Gasteiger partial charge in [-0.15, -0.1) is 0 Å². The lowest BCUT2D eigenvalue weighted by molar-refractivity contribution is -0.156. The van der Waals surface area contributed by atoms with Gasteiger partial charge in [0.15, 0.2) is 0 Å². The van der Waals surface area contributed by atoms with Crippen molar-refractivity contribution in [1.29, 1.82) is 0 Å². The molecule has 0 aliphatic heterocycles. The highest BCUT2D eigenvalue weighted by molar-refractivity contribution is 5.86. The number of carbonyl (C=O) groups excluding carboxylic acids is 3. The Morgan fingerprint density at radius 1 is 0.909 bits per heavy atom. The first-order valence-electron chi connectivity index (χ1n) is 11.0. The van der Waals surface area contributed by atoms with Crippen molar-refractivity contribution in [3.8, 4) is 5.75 Å². The smallest absolute Gasteiger partial charge is 0.408 e. The van der Waals surface area contributed by atoms with Crippen molar-refractivity contribution in [2.75, 3.05) is 7.11 Å². The number of hydrogen-bond acceptors (Lipinski definition) is 7. The van der Waals surface area contributed by atoms with Gasteiger partial charge in [-0.25, -0.2) is 9.59 Å². The average Bonchev–Trinajstić information content (AvgIpc) is 3.34. The predicted octanol–water partition coefficient (Wildman–Crippen LogP) is 3.91. The Morgan fingerprint density at radius 2 is 1.55 bits per heavy atom. The molecule has 0 heterocycles. The Bertz CT molecular complexity index is 908. The molecule has 2 aromatic carbocycles. The van der Waals surface area contributed by atoms with E-state index in [2.05, 4.69) is 5.32 Å². The van der Waals surface area contributed by atoms with Gasteiger partial charge in [0.1, 0.15) is 31.1 Å². The van der Waals surface area contributed by atoms with Crippen LogP contribution in [0.1, 0.15) is 43.2 Å². The normalized spacial score (nSPS) is 14.2. The average molecular weight is 456 g/mol. The molecule has 1 amide bonds. The number of alkyl carbamates (subject to hydrolysis) is 1. The Hall–Kier alpha value is -3.55. The summed E-state index contributed by atoms with van der Waals surface area (Å²) in [5.41, 5.74) is 1.54. The van der Waals surface area contributed by atoms with Crippen molar-refractivity contribution in [3.05, 3.63) is 65.7 Å². The van der Waals surface area contributed by atoms with Gasteiger partial charge in [-0.3, -0.25) is 4.79 Å². The number of esters is 2. The SMILES string of the molecule is COc1ccc(COC(=O)[C@H](CC(=O)OC2CCCC2)NC(=O)OCc2ccccc2)cc1. The number of ether oxygens (including phenoxy) is 4. The van der Waals surface area contributed by atoms with Gasteiger partial charge in [-0.05, 0) is 48.9 Å². The van der Waals surface area contributed by atoms with E-state index < -0.39 is 24.1 Å². The molecular formula is C25H29NO7. The molecular weight excluding hydrogens is 426 g/mol. The molecule has 0 bridgehead atoms. The molecule has 1 N–H and O–H groups in total. The highest BCUT2D eigenvalue weighted by atomic mass is 16.6. The molecule has 176 valence electrons. The summed E-state index contributed by atoms with van der Waals surface area (Å²) in [6, 6.07) is 14.9. The minimum absolute atomic E-state index is 0.0161. The van der Waals surface area contributed by atoms with Gasteiger partial charge in [0.2, 0.25) is 0 Å². The van der Waals surface area contributed by atoms with Gasteiger partial charge in [0.25, 0.3) is 0 Å². The molecule has 1 aliphatic rings. The zero-order valence-corrected chi connectivity index (χ0v) is 18.7. The summed E-state index contributed by atoms with van der Waals surface area (Å²) in [7, 11) is 1.56. The summed E-state index contributed by atoms with van der Waals surface area (Å²) >= 11 is 0. The highest BCUT2D eigenvalue weighted by Crippen LogP contribution is 2.21. The zero-order valence-electron chi connectivity index (χ0n) is 18.7. The van der Waals surface area contributed by atoms with Crippen molar-refractivity contribution in [2.24, 2.45) is 0 Å². The molecule has 2 aromatic rings. The van der Waals surface area contributed by atoms with Gasteiger partial charge in [0.05, 0.1) is 13.5 Å². The second-order valence-corrected chi connectivity index (χ2v) is 7.81. The molecule has 0 unspecified atom stereocenters. The number of benzene rings is 2. The third-order valence-corrected chi connectivity index (χ3v) is 5.30. The minimum atomic E-state index is -1.22. The van der Waals surface area contributed by atoms with Crippen LogP contribution >= 0.6 is 0 Å². The molecule has 1 saturated carbocycles. The van der Waals surface area contributed by atoms with E-state index in [1.807, 2.05) is 30.3 Å². The predicted molar refractivity (Wildman–Crippen MR) is 119 cm³/mol. The summed E-state index contributed by atoms with van der Waals surface area (Å²) in [5.74, 6) is -0.622. The molecule has 0 radical (unpaired) electrons. The third kappa shape index (κ3) is 8.14. The second-order valence-electron chi connectivity index (χ2n) is 7.81. The number of carbonyl (C=O) groups is 3. The van der Waals surface area contributed by atoms with E-state index in [0.717, 1.165) is 36.8 Å². The maximum absolute atomic E-state index is 12.7. The first kappa shape index (κ1) is 24.1. The molecule has 0 aromatic heterocycles. The fraction of sp³-hybridized carbons (Fsp3) is 0.400. The number of hydrogen-bond donors (Lipinski definition) is 1. The Labute approximate surface area is 193 Å². The third-order valence-electron chi connectivity index (χ3n) is 5.30. The molecule has 0 saturated heterocycles. The Balaban J connectivity index is 1.56. The van der Waals surface area contributed by atoms with Crippen LogP contribution in [0.3, 0.4) is 0 Å². The van der Waals surface area contributed by atoms with Crippen LogP contribution in [0.25, 0.3) is 0 Å². The van der Waals surface area contributed by atoms with Gasteiger partial charge in [0, 0.05) is 0 Å². The molecule has 33 heavy (non-hydrogen) atoms. The maximum Gasteiger partial charge on any atom is 0.408 e. The molecule has 3 rings (SSSR count). The highest BCUT2D eigenvalue weighted by Gasteiger charge is 2.29. The topological polar surface area (TPSA) is 100 Å². The van der Waals surface area contributed by atoms with Crippen LogP contribution in [0.5, 0.6) is 5.75 Å². The van der Waals surface area contributed by atoms with Crippen LogP contribution in [0.2, 0.25) is 0 Å². The van der Waals surface area contributed by atoms with Crippen LogP contribution in [0.15, 0.2) is 54.6 Å². The molecule has 8 heteroatoms. The zero-order chi connectivity index (χ0) is 23.5. The van der Waals surface area contributed by atoms with E-state index in [1.165, 1.54) is 0 Å². The monoisotopic (exact) mass is 455 g/mol. The molecule has 1 atom stereocenters. The van der Waals surface area contributed by atoms with Gasteiger partial charge in [-0.2, -0.15) is 0 Å². The summed E-state index contributed by atoms with van der Waals surface area (Å²) in [6.45, 7) is 0.0184. The minimum Gasteiger partial charge on any atom is -0.497 e. The number of methoxy groups -OCH3 is 1. The lowest BCUT2D eigenvalue weighted by atomic mass is 10.2. The Kier molecular flexibility index (Phi) is 9.11. The van der Waals surface area contributed by atoms with Crippen LogP contribution < -0.4 is 10.1 Å². The number of nitrogens with one attached hydrogen (secondary N) is 1. The van der Waals surface area contributed by atoms with Crippen LogP contribution in [-0.2, 0) is 37.0 Å². The number of amides is 1. The first-order chi connectivity index (χ1) is 16.0. The molecule has 8 nitrogen and oxygen atoms in total. The lowest BCUT2D eigenvalue weighted by Crippen LogP contribution is -2.44. The number of rotatable bonds is 10. The van der Waals surface area contributed by atoms with Crippen molar-refractivity contribution in [1.82, 2.24) is 5.32 Å². The van der Waals surface area contributed by atoms with Gasteiger partial charge < -0.3 is 24.3 Å². The summed E-state index contributed by atoms with van der Waals surface area (Å²) < 4.78 is 21.1. The van der Waals surface area contributed by atoms with E-state index >= 15 is 0 Å². The van der Waals surface area contributed by atoms with Crippen LogP contribution in [-0.4, -0.2) is 37.3 Å². The van der Waals surface area contributed by atoms with E-state index in [0.29, 0.717) is 5.75 Å². The van der Waals surface area contributed by atoms with Crippen molar-refractivity contribution in [2.45, 2.75) is 57.5 Å². The summed E-state index contributed by atoms with van der Waals surface area (Å²) in [6.07, 6.45) is 2.34. The molecule has 1 fully saturated rings. The van der Waals surface area contributed by atoms with Crippen molar-refractivity contribution in [3.63, 3.8) is 0 Å². The second kappa shape index (κ2) is 12.5. The van der Waals surface area contributed by atoms with E-state index in [1.54, 1.807) is 31.4 Å². The Morgan fingerprint density at radius 3 is 2.21 bits per heavy atom. The van der Waals surface area contributed by atoms with E-state index in [4.69, 9.17) is 18.9 Å². The molecule has 0 spiro atoms. The molecule has 1 aliphatic carbocycles. The maximum atomic E-state index is 12.7. The van der Waals surface area contributed by atoms with E-state index in [-0.39, 0.29) is 25.7 Å². The quantitative estimate of drug-likeness (QED) is 0.428. The lowest BCUT2D eigenvalue weighted by Gasteiger charge is -2.18. The standard InChI is InChI=1S/C25H29NO7/c1-30-20-13-11-19(12-14-20)16-31-24(28)22(15-23(27)33-21-9-5-6-10-21)26-25(29)32-17-18-7-3-2-4-8-18/h2-4,7-8,11-14,21-22H,5-6,9-10,15-17H2,1H3,(H,26,29)/t22-/m0/s1. The van der Waals surface area contributed by atoms with Gasteiger partial charge in [-0.1, -0.05) is 42.5 Å². The van der Waals surface area contributed by atoms with Gasteiger partial charge >= 0.3 is 18.0 Å². The van der Waals surface area contributed by atoms with Crippen LogP contribution in [0, 0.1) is 0 Å².